The highest BCUT2D eigenvalue weighted by atomic mass is 79.9. The Morgan fingerprint density at radius 1 is 1.18 bits per heavy atom. The van der Waals surface area contributed by atoms with Gasteiger partial charge in [0.1, 0.15) is 23.0 Å². The van der Waals surface area contributed by atoms with Gasteiger partial charge in [-0.3, -0.25) is 0 Å². The fourth-order valence-electron chi connectivity index (χ4n) is 6.18. The largest absolute Gasteiger partial charge is 0.460 e. The first-order chi connectivity index (χ1) is 20.9. The number of piperidine rings is 2. The number of nitrogens with zero attached hydrogens (tertiary/aromatic N) is 5. The van der Waals surface area contributed by atoms with E-state index in [0.717, 1.165) is 45.3 Å². The third kappa shape index (κ3) is 7.37. The van der Waals surface area contributed by atoms with Crippen LogP contribution in [0.3, 0.4) is 0 Å². The van der Waals surface area contributed by atoms with Crippen LogP contribution in [0.15, 0.2) is 17.1 Å². The topological polar surface area (TPSA) is 89.5 Å². The van der Waals surface area contributed by atoms with Gasteiger partial charge in [-0.25, -0.2) is 4.79 Å². The Balaban J connectivity index is 1.39. The van der Waals surface area contributed by atoms with Crippen molar-refractivity contribution >= 4 is 44.8 Å². The Labute approximate surface area is 265 Å². The van der Waals surface area contributed by atoms with E-state index >= 15 is 0 Å². The van der Waals surface area contributed by atoms with Crippen LogP contribution in [0.2, 0.25) is 0 Å². The predicted octanol–water partition coefficient (Wildman–Crippen LogP) is 5.96. The first-order valence-electron chi connectivity index (χ1n) is 15.1. The van der Waals surface area contributed by atoms with E-state index in [4.69, 9.17) is 23.9 Å². The van der Waals surface area contributed by atoms with E-state index in [2.05, 4.69) is 37.3 Å². The molecule has 0 radical (unpaired) electrons. The number of ether oxygens (including phenoxy) is 4. The van der Waals surface area contributed by atoms with E-state index in [1.165, 1.54) is 0 Å². The van der Waals surface area contributed by atoms with Gasteiger partial charge in [0.2, 0.25) is 0 Å². The smallest absolute Gasteiger partial charge is 0.410 e. The van der Waals surface area contributed by atoms with E-state index in [0.29, 0.717) is 54.0 Å². The average Bonchev–Trinajstić information content (AvgIpc) is 2.95. The number of anilines is 1. The number of carbonyl (C=O) groups excluding carboxylic acids is 1. The van der Waals surface area contributed by atoms with Crippen LogP contribution in [0.5, 0.6) is 11.8 Å². The molecule has 242 valence electrons. The van der Waals surface area contributed by atoms with Gasteiger partial charge < -0.3 is 33.6 Å². The summed E-state index contributed by atoms with van der Waals surface area (Å²) in [7, 11) is 1.69. The molecule has 2 aromatic rings. The Kier molecular flexibility index (Phi) is 9.86. The molecule has 1 aromatic heterocycles. The number of hydrogen-bond donors (Lipinski definition) is 0. The molecule has 10 nitrogen and oxygen atoms in total. The van der Waals surface area contributed by atoms with Gasteiger partial charge >= 0.3 is 18.7 Å². The molecule has 3 saturated heterocycles. The molecule has 0 aliphatic carbocycles. The summed E-state index contributed by atoms with van der Waals surface area (Å²) < 4.78 is 49.7. The molecule has 3 aliphatic rings. The zero-order chi connectivity index (χ0) is 31.6. The third-order valence-corrected chi connectivity index (χ3v) is 9.36. The molecule has 0 bridgehead atoms. The van der Waals surface area contributed by atoms with Gasteiger partial charge in [-0.05, 0) is 74.0 Å². The third-order valence-electron chi connectivity index (χ3n) is 8.55. The van der Waals surface area contributed by atoms with Gasteiger partial charge in [-0.15, -0.1) is 0 Å². The number of aromatic nitrogens is 2. The summed E-state index contributed by atoms with van der Waals surface area (Å²) in [5.74, 6) is 0.533. The van der Waals surface area contributed by atoms with Crippen LogP contribution in [0.4, 0.5) is 19.4 Å². The Hall–Kier alpha value is -2.77. The molecular weight excluding hydrogens is 640 g/mol. The molecule has 0 atom stereocenters. The number of alkyl halides is 2. The van der Waals surface area contributed by atoms with Crippen molar-refractivity contribution in [2.75, 3.05) is 64.4 Å². The van der Waals surface area contributed by atoms with Crippen molar-refractivity contribution in [2.24, 2.45) is 5.41 Å². The molecule has 4 heterocycles. The first-order valence-corrected chi connectivity index (χ1v) is 15.9. The Morgan fingerprint density at radius 2 is 1.86 bits per heavy atom. The predicted molar refractivity (Wildman–Crippen MR) is 168 cm³/mol. The molecular formula is C31H42BrF2N5O5. The van der Waals surface area contributed by atoms with Gasteiger partial charge in [0.25, 0.3) is 0 Å². The fourth-order valence-corrected chi connectivity index (χ4v) is 6.74. The van der Waals surface area contributed by atoms with Crippen molar-refractivity contribution in [1.82, 2.24) is 19.8 Å². The van der Waals surface area contributed by atoms with E-state index < -0.39 is 12.2 Å². The molecule has 3 fully saturated rings. The van der Waals surface area contributed by atoms with Gasteiger partial charge in [0, 0.05) is 63.7 Å². The maximum absolute atomic E-state index is 13.6. The van der Waals surface area contributed by atoms with Crippen molar-refractivity contribution in [3.05, 3.63) is 22.7 Å². The minimum absolute atomic E-state index is 0.0195. The minimum Gasteiger partial charge on any atom is -0.460 e. The van der Waals surface area contributed by atoms with Crippen molar-refractivity contribution in [3.63, 3.8) is 0 Å². The summed E-state index contributed by atoms with van der Waals surface area (Å²) in [5, 5.41) is 0.584. The van der Waals surface area contributed by atoms with Crippen LogP contribution in [0.25, 0.3) is 17.0 Å². The highest BCUT2D eigenvalue weighted by Gasteiger charge is 2.48. The number of halogens is 3. The van der Waals surface area contributed by atoms with Crippen LogP contribution in [-0.2, 0) is 9.47 Å². The molecule has 1 aromatic carbocycles. The summed E-state index contributed by atoms with van der Waals surface area (Å²) in [4.78, 5) is 28.3. The van der Waals surface area contributed by atoms with E-state index in [1.54, 1.807) is 18.1 Å². The number of hydrogen-bond acceptors (Lipinski definition) is 9. The quantitative estimate of drug-likeness (QED) is 0.318. The van der Waals surface area contributed by atoms with Crippen LogP contribution >= 0.6 is 15.9 Å². The summed E-state index contributed by atoms with van der Waals surface area (Å²) in [6.07, 6.45) is 4.47. The van der Waals surface area contributed by atoms with Crippen LogP contribution in [0.1, 0.15) is 52.0 Å². The number of benzene rings is 1. The lowest BCUT2D eigenvalue weighted by Gasteiger charge is -2.53. The molecule has 5 rings (SSSR count). The average molecular weight is 683 g/mol. The molecule has 0 saturated carbocycles. The maximum Gasteiger partial charge on any atom is 0.410 e. The standard InChI is InChI=1S/C31H42BrF2N5O5/c1-6-20-17-22-24(25(23(20)32)43-27(33)34)35-28(42-21-7-11-37(12-8-21)15-16-41-5)36-26(22)38-13-9-31(10-14-38)18-39(19-31)29(40)44-30(2,3)4/h6,17,21,27H,1,7-16,18-19H2,2-5H3. The van der Waals surface area contributed by atoms with Crippen molar-refractivity contribution in [3.8, 4) is 11.8 Å². The SMILES string of the molecule is C=Cc1cc2c(N3CCC4(CC3)CN(C(=O)OC(C)(C)C)C4)nc(OC3CCN(CCOC)CC3)nc2c(OC(F)F)c1Br. The van der Waals surface area contributed by atoms with Gasteiger partial charge in [0.05, 0.1) is 11.1 Å². The van der Waals surface area contributed by atoms with E-state index in [-0.39, 0.29) is 34.9 Å². The second-order valence-corrected chi connectivity index (χ2v) is 13.7. The zero-order valence-corrected chi connectivity index (χ0v) is 27.5. The molecule has 13 heteroatoms. The summed E-state index contributed by atoms with van der Waals surface area (Å²) in [6.45, 7) is 12.3. The maximum atomic E-state index is 13.6. The zero-order valence-electron chi connectivity index (χ0n) is 25.9. The number of methoxy groups -OCH3 is 1. The molecule has 44 heavy (non-hydrogen) atoms. The Morgan fingerprint density at radius 3 is 2.45 bits per heavy atom. The second-order valence-electron chi connectivity index (χ2n) is 12.9. The normalized spacial score (nSPS) is 19.4. The molecule has 0 N–H and O–H groups in total. The van der Waals surface area contributed by atoms with Crippen molar-refractivity contribution < 1.29 is 32.5 Å². The summed E-state index contributed by atoms with van der Waals surface area (Å²) in [6, 6.07) is 1.98. The van der Waals surface area contributed by atoms with Gasteiger partial charge in [-0.2, -0.15) is 18.7 Å². The number of fused-ring (bicyclic) bond motifs is 1. The van der Waals surface area contributed by atoms with Gasteiger partial charge in [0.15, 0.2) is 5.75 Å². The molecule has 1 amide bonds. The number of likely N-dealkylation sites (tertiary alicyclic amines) is 2. The molecule has 3 aliphatic heterocycles. The lowest BCUT2D eigenvalue weighted by Crippen LogP contribution is -2.62. The highest BCUT2D eigenvalue weighted by Crippen LogP contribution is 2.45. The summed E-state index contributed by atoms with van der Waals surface area (Å²) >= 11 is 3.43. The van der Waals surface area contributed by atoms with Crippen LogP contribution in [0, 0.1) is 5.41 Å². The van der Waals surface area contributed by atoms with Crippen LogP contribution < -0.4 is 14.4 Å². The lowest BCUT2D eigenvalue weighted by atomic mass is 9.72. The molecule has 1 spiro atoms. The number of rotatable bonds is 9. The van der Waals surface area contributed by atoms with E-state index in [9.17, 15) is 13.6 Å². The first kappa shape index (κ1) is 32.6. The van der Waals surface area contributed by atoms with Gasteiger partial charge in [-0.1, -0.05) is 12.7 Å². The second kappa shape index (κ2) is 13.3. The van der Waals surface area contributed by atoms with Crippen LogP contribution in [-0.4, -0.2) is 104 Å². The Bertz CT molecular complexity index is 1350. The minimum atomic E-state index is -3.05. The number of carbonyl (C=O) groups is 1. The van der Waals surface area contributed by atoms with E-state index in [1.807, 2.05) is 26.8 Å². The fraction of sp³-hybridized carbons (Fsp3) is 0.645. The van der Waals surface area contributed by atoms with Crippen molar-refractivity contribution in [2.45, 2.75) is 64.8 Å². The summed E-state index contributed by atoms with van der Waals surface area (Å²) in [5.41, 5.74) is 0.325. The number of amides is 1. The van der Waals surface area contributed by atoms with Crippen molar-refractivity contribution in [1.29, 1.82) is 0 Å². The molecule has 0 unspecified atom stereocenters. The highest BCUT2D eigenvalue weighted by molar-refractivity contribution is 9.10. The lowest BCUT2D eigenvalue weighted by molar-refractivity contribution is -0.0494. The monoisotopic (exact) mass is 681 g/mol.